The first-order valence-electron chi connectivity index (χ1n) is 9.74. The number of hydrogen-bond donors (Lipinski definition) is 3. The smallest absolute Gasteiger partial charge is 0.222 e. The van der Waals surface area contributed by atoms with E-state index in [0.717, 1.165) is 28.8 Å². The van der Waals surface area contributed by atoms with E-state index in [-0.39, 0.29) is 17.9 Å². The van der Waals surface area contributed by atoms with E-state index in [1.165, 1.54) is 16.5 Å². The second-order valence-electron chi connectivity index (χ2n) is 7.62. The molecule has 1 saturated heterocycles. The molecule has 1 aliphatic rings. The third kappa shape index (κ3) is 3.65. The minimum Gasteiger partial charge on any atom is -0.354 e. The van der Waals surface area contributed by atoms with E-state index >= 15 is 0 Å². The van der Waals surface area contributed by atoms with Crippen LogP contribution in [0.3, 0.4) is 0 Å². The molecule has 0 radical (unpaired) electrons. The molecule has 3 N–H and O–H groups in total. The molecule has 2 amide bonds. The average Bonchev–Trinajstić information content (AvgIpc) is 3.24. The molecule has 5 heteroatoms. The molecule has 3 aromatic rings. The molecule has 0 spiro atoms. The van der Waals surface area contributed by atoms with Crippen molar-refractivity contribution < 1.29 is 9.59 Å². The number of aryl methyl sites for hydroxylation is 2. The van der Waals surface area contributed by atoms with Crippen LogP contribution in [0.1, 0.15) is 36.0 Å². The Morgan fingerprint density at radius 1 is 1.18 bits per heavy atom. The number of aromatic amines is 1. The molecular formula is C23H25N3O2. The van der Waals surface area contributed by atoms with Gasteiger partial charge >= 0.3 is 0 Å². The highest BCUT2D eigenvalue weighted by Gasteiger charge is 2.23. The van der Waals surface area contributed by atoms with E-state index < -0.39 is 0 Å². The molecule has 0 unspecified atom stereocenters. The van der Waals surface area contributed by atoms with Gasteiger partial charge in [-0.3, -0.25) is 9.59 Å². The van der Waals surface area contributed by atoms with Gasteiger partial charge in [0, 0.05) is 36.5 Å². The molecule has 0 saturated carbocycles. The monoisotopic (exact) mass is 375 g/mol. The Bertz CT molecular complexity index is 1040. The highest BCUT2D eigenvalue weighted by atomic mass is 16.2. The van der Waals surface area contributed by atoms with Gasteiger partial charge in [-0.15, -0.1) is 0 Å². The number of nitrogens with one attached hydrogen (secondary N) is 3. The molecule has 0 bridgehead atoms. The lowest BCUT2D eigenvalue weighted by Gasteiger charge is -2.11. The van der Waals surface area contributed by atoms with E-state index in [0.29, 0.717) is 19.4 Å². The topological polar surface area (TPSA) is 74.0 Å². The summed E-state index contributed by atoms with van der Waals surface area (Å²) in [4.78, 5) is 27.2. The lowest BCUT2D eigenvalue weighted by atomic mass is 10.0. The van der Waals surface area contributed by atoms with Crippen LogP contribution in [0.5, 0.6) is 0 Å². The summed E-state index contributed by atoms with van der Waals surface area (Å²) in [7, 11) is 0. The van der Waals surface area contributed by atoms with Gasteiger partial charge in [0.2, 0.25) is 11.8 Å². The largest absolute Gasteiger partial charge is 0.354 e. The Morgan fingerprint density at radius 3 is 2.68 bits per heavy atom. The second-order valence-corrected chi connectivity index (χ2v) is 7.62. The normalized spacial score (nSPS) is 16.4. The zero-order valence-corrected chi connectivity index (χ0v) is 16.3. The zero-order chi connectivity index (χ0) is 19.7. The molecule has 5 nitrogen and oxygen atoms in total. The molecule has 2 aromatic carbocycles. The fourth-order valence-corrected chi connectivity index (χ4v) is 4.01. The Kier molecular flexibility index (Phi) is 4.90. The van der Waals surface area contributed by atoms with E-state index in [2.05, 4.69) is 53.7 Å². The lowest BCUT2D eigenvalue weighted by Crippen LogP contribution is -2.33. The van der Waals surface area contributed by atoms with Crippen molar-refractivity contribution >= 4 is 22.7 Å². The number of carbonyl (C=O) groups is 2. The van der Waals surface area contributed by atoms with Crippen molar-refractivity contribution in [2.45, 2.75) is 45.7 Å². The van der Waals surface area contributed by atoms with E-state index in [9.17, 15) is 9.59 Å². The highest BCUT2D eigenvalue weighted by Crippen LogP contribution is 2.32. The van der Waals surface area contributed by atoms with Crippen molar-refractivity contribution in [2.24, 2.45) is 0 Å². The van der Waals surface area contributed by atoms with Crippen LogP contribution in [-0.2, 0) is 16.1 Å². The fraction of sp³-hybridized carbons (Fsp3) is 0.304. The predicted octanol–water partition coefficient (Wildman–Crippen LogP) is 3.74. The average molecular weight is 375 g/mol. The molecule has 1 fully saturated rings. The Labute approximate surface area is 164 Å². The third-order valence-corrected chi connectivity index (χ3v) is 5.45. The maximum atomic E-state index is 12.3. The zero-order valence-electron chi connectivity index (χ0n) is 16.3. The van der Waals surface area contributed by atoms with Crippen molar-refractivity contribution in [1.29, 1.82) is 0 Å². The van der Waals surface area contributed by atoms with E-state index in [4.69, 9.17) is 0 Å². The summed E-state index contributed by atoms with van der Waals surface area (Å²) in [6, 6.07) is 14.5. The maximum Gasteiger partial charge on any atom is 0.222 e. The van der Waals surface area contributed by atoms with Crippen LogP contribution < -0.4 is 10.6 Å². The lowest BCUT2D eigenvalue weighted by molar-refractivity contribution is -0.121. The van der Waals surface area contributed by atoms with Crippen LogP contribution in [0.2, 0.25) is 0 Å². The summed E-state index contributed by atoms with van der Waals surface area (Å²) in [5.74, 6) is 0.00177. The minimum atomic E-state index is -0.0394. The SMILES string of the molecule is Cc1cc(CNC(=O)C[C@@H]2CCC(=O)N2)c2[nH]c(-c3ccccc3)c(C)c2c1. The molecule has 2 heterocycles. The number of H-pyrrole nitrogens is 1. The summed E-state index contributed by atoms with van der Waals surface area (Å²) in [5, 5.41) is 7.05. The first kappa shape index (κ1) is 18.3. The van der Waals surface area contributed by atoms with Gasteiger partial charge in [0.1, 0.15) is 0 Å². The van der Waals surface area contributed by atoms with Crippen LogP contribution in [0, 0.1) is 13.8 Å². The summed E-state index contributed by atoms with van der Waals surface area (Å²) < 4.78 is 0. The van der Waals surface area contributed by atoms with Gasteiger partial charge in [0.05, 0.1) is 5.52 Å². The Morgan fingerprint density at radius 2 is 1.96 bits per heavy atom. The van der Waals surface area contributed by atoms with Crippen LogP contribution in [0.4, 0.5) is 0 Å². The van der Waals surface area contributed by atoms with Gasteiger partial charge in [-0.25, -0.2) is 0 Å². The number of carbonyl (C=O) groups excluding carboxylic acids is 2. The standard InChI is InChI=1S/C23H25N3O2/c1-14-10-17(13-24-21(28)12-18-8-9-20(27)25-18)23-19(11-14)15(2)22(26-23)16-6-4-3-5-7-16/h3-7,10-11,18,26H,8-9,12-13H2,1-2H3,(H,24,28)(H,25,27)/t18-/m0/s1. The maximum absolute atomic E-state index is 12.3. The third-order valence-electron chi connectivity index (χ3n) is 5.45. The number of fused-ring (bicyclic) bond motifs is 1. The van der Waals surface area contributed by atoms with Crippen LogP contribution >= 0.6 is 0 Å². The molecule has 144 valence electrons. The predicted molar refractivity (Wildman–Crippen MR) is 111 cm³/mol. The van der Waals surface area contributed by atoms with Crippen molar-refractivity contribution in [3.05, 3.63) is 59.2 Å². The van der Waals surface area contributed by atoms with Gasteiger partial charge in [-0.05, 0) is 43.0 Å². The summed E-state index contributed by atoms with van der Waals surface area (Å²) in [6.45, 7) is 4.67. The molecule has 0 aliphatic carbocycles. The molecule has 1 aromatic heterocycles. The molecule has 1 atom stereocenters. The van der Waals surface area contributed by atoms with Gasteiger partial charge < -0.3 is 15.6 Å². The van der Waals surface area contributed by atoms with Gasteiger partial charge in [0.25, 0.3) is 0 Å². The van der Waals surface area contributed by atoms with Crippen molar-refractivity contribution in [3.8, 4) is 11.3 Å². The number of rotatable bonds is 5. The van der Waals surface area contributed by atoms with Crippen molar-refractivity contribution in [2.75, 3.05) is 0 Å². The molecule has 28 heavy (non-hydrogen) atoms. The van der Waals surface area contributed by atoms with Crippen molar-refractivity contribution in [3.63, 3.8) is 0 Å². The van der Waals surface area contributed by atoms with Crippen LogP contribution in [-0.4, -0.2) is 22.8 Å². The van der Waals surface area contributed by atoms with Gasteiger partial charge in [-0.2, -0.15) is 0 Å². The van der Waals surface area contributed by atoms with Gasteiger partial charge in [-0.1, -0.05) is 42.0 Å². The van der Waals surface area contributed by atoms with Crippen LogP contribution in [0.25, 0.3) is 22.2 Å². The number of amides is 2. The molecule has 1 aliphatic heterocycles. The highest BCUT2D eigenvalue weighted by molar-refractivity contribution is 5.93. The Balaban J connectivity index is 1.57. The first-order valence-corrected chi connectivity index (χ1v) is 9.74. The first-order chi connectivity index (χ1) is 13.5. The minimum absolute atomic E-state index is 0.0339. The quantitative estimate of drug-likeness (QED) is 0.636. The number of benzene rings is 2. The summed E-state index contributed by atoms with van der Waals surface area (Å²) >= 11 is 0. The summed E-state index contributed by atoms with van der Waals surface area (Å²) in [6.07, 6.45) is 1.58. The molecule has 4 rings (SSSR count). The second kappa shape index (κ2) is 7.50. The fourth-order valence-electron chi connectivity index (χ4n) is 4.01. The molecular weight excluding hydrogens is 350 g/mol. The van der Waals surface area contributed by atoms with E-state index in [1.54, 1.807) is 0 Å². The van der Waals surface area contributed by atoms with E-state index in [1.807, 2.05) is 18.2 Å². The van der Waals surface area contributed by atoms with Crippen LogP contribution in [0.15, 0.2) is 42.5 Å². The van der Waals surface area contributed by atoms with Crippen molar-refractivity contribution in [1.82, 2.24) is 15.6 Å². The summed E-state index contributed by atoms with van der Waals surface area (Å²) in [5.41, 5.74) is 6.79. The Hall–Kier alpha value is -3.08. The number of aromatic nitrogens is 1. The van der Waals surface area contributed by atoms with Gasteiger partial charge in [0.15, 0.2) is 0 Å². The number of hydrogen-bond acceptors (Lipinski definition) is 2.